The predicted molar refractivity (Wildman–Crippen MR) is 122 cm³/mol. The number of anilines is 1. The van der Waals surface area contributed by atoms with Crippen LogP contribution >= 0.6 is 23.4 Å². The Hall–Kier alpha value is -2.39. The zero-order valence-electron chi connectivity index (χ0n) is 17.5. The summed E-state index contributed by atoms with van der Waals surface area (Å²) in [4.78, 5) is 16.7. The topological polar surface area (TPSA) is 62.7 Å². The number of amidine groups is 1. The molecule has 32 heavy (non-hydrogen) atoms. The van der Waals surface area contributed by atoms with Crippen LogP contribution in [0.1, 0.15) is 25.0 Å². The fourth-order valence-corrected chi connectivity index (χ4v) is 3.90. The van der Waals surface area contributed by atoms with Crippen LogP contribution in [0.3, 0.4) is 0 Å². The van der Waals surface area contributed by atoms with Crippen LogP contribution in [0.25, 0.3) is 0 Å². The largest absolute Gasteiger partial charge is 0.478 e. The molecular formula is C22H23ClF3N3O2S. The molecule has 2 N–H and O–H groups in total. The average Bonchev–Trinajstić information content (AvgIpc) is 3.12. The molecule has 10 heteroatoms. The summed E-state index contributed by atoms with van der Waals surface area (Å²) < 4.78 is 43.7. The second-order valence-electron chi connectivity index (χ2n) is 7.64. The molecule has 0 radical (unpaired) electrons. The fraction of sp³-hybridized carbons (Fsp3) is 0.364. The number of ether oxygens (including phenoxy) is 1. The maximum atomic E-state index is 12.7. The number of alkyl halides is 4. The fourth-order valence-electron chi connectivity index (χ4n) is 2.89. The van der Waals surface area contributed by atoms with Gasteiger partial charge in [-0.05, 0) is 50.1 Å². The van der Waals surface area contributed by atoms with E-state index in [1.54, 1.807) is 32.0 Å². The van der Waals surface area contributed by atoms with Crippen LogP contribution in [0, 0.1) is 0 Å². The molecule has 0 fully saturated rings. The molecule has 0 saturated heterocycles. The molecule has 1 aliphatic heterocycles. The van der Waals surface area contributed by atoms with Gasteiger partial charge in [0.25, 0.3) is 5.91 Å². The zero-order chi connectivity index (χ0) is 23.4. The minimum atomic E-state index is -4.34. The first-order valence-electron chi connectivity index (χ1n) is 9.89. The van der Waals surface area contributed by atoms with E-state index >= 15 is 0 Å². The molecule has 0 aromatic heterocycles. The van der Waals surface area contributed by atoms with Gasteiger partial charge in [-0.25, -0.2) is 0 Å². The molecule has 2 aromatic rings. The number of thioether (sulfide) groups is 1. The van der Waals surface area contributed by atoms with E-state index < -0.39 is 17.3 Å². The van der Waals surface area contributed by atoms with Crippen molar-refractivity contribution in [3.8, 4) is 5.75 Å². The highest BCUT2D eigenvalue weighted by molar-refractivity contribution is 8.15. The molecule has 1 heterocycles. The summed E-state index contributed by atoms with van der Waals surface area (Å²) >= 11 is 7.26. The van der Waals surface area contributed by atoms with E-state index in [4.69, 9.17) is 16.3 Å². The molecule has 2 aromatic carbocycles. The van der Waals surface area contributed by atoms with E-state index in [0.29, 0.717) is 30.4 Å². The number of benzene rings is 2. The minimum Gasteiger partial charge on any atom is -0.478 e. The SMILES string of the molecule is CC(C)(Oc1cccc(NCCc2ccc(C(F)(F)F)cc2)c1)C(=O)NC1=NCC(Cl)S1. The molecule has 0 saturated carbocycles. The number of carbonyl (C=O) groups is 1. The molecule has 1 aliphatic rings. The lowest BCUT2D eigenvalue weighted by molar-refractivity contribution is -0.137. The summed E-state index contributed by atoms with van der Waals surface area (Å²) in [5.74, 6) is 0.163. The summed E-state index contributed by atoms with van der Waals surface area (Å²) in [5, 5.41) is 6.42. The van der Waals surface area contributed by atoms with Gasteiger partial charge in [0.05, 0.1) is 12.1 Å². The van der Waals surface area contributed by atoms with E-state index in [2.05, 4.69) is 15.6 Å². The van der Waals surface area contributed by atoms with Crippen molar-refractivity contribution in [1.82, 2.24) is 5.32 Å². The van der Waals surface area contributed by atoms with Gasteiger partial charge in [-0.1, -0.05) is 30.0 Å². The highest BCUT2D eigenvalue weighted by Gasteiger charge is 2.32. The summed E-state index contributed by atoms with van der Waals surface area (Å²) in [6.07, 6.45) is -3.78. The van der Waals surface area contributed by atoms with Crippen LogP contribution < -0.4 is 15.4 Å². The highest BCUT2D eigenvalue weighted by Crippen LogP contribution is 2.29. The van der Waals surface area contributed by atoms with Gasteiger partial charge >= 0.3 is 6.18 Å². The normalized spacial score (nSPS) is 16.4. The smallest absolute Gasteiger partial charge is 0.416 e. The first-order chi connectivity index (χ1) is 15.0. The molecule has 1 amide bonds. The first kappa shape index (κ1) is 24.3. The van der Waals surface area contributed by atoms with Crippen molar-refractivity contribution in [3.05, 3.63) is 59.7 Å². The van der Waals surface area contributed by atoms with Crippen LogP contribution in [-0.4, -0.2) is 34.5 Å². The van der Waals surface area contributed by atoms with Crippen LogP contribution in [-0.2, 0) is 17.4 Å². The van der Waals surface area contributed by atoms with Crippen molar-refractivity contribution in [2.75, 3.05) is 18.4 Å². The molecule has 3 rings (SSSR count). The Morgan fingerprint density at radius 3 is 2.56 bits per heavy atom. The second-order valence-corrected chi connectivity index (χ2v) is 9.62. The Kier molecular flexibility index (Phi) is 7.61. The lowest BCUT2D eigenvalue weighted by atomic mass is 10.1. The summed E-state index contributed by atoms with van der Waals surface area (Å²) in [5.41, 5.74) is -0.243. The van der Waals surface area contributed by atoms with Crippen LogP contribution in [0.5, 0.6) is 5.75 Å². The molecule has 1 atom stereocenters. The number of aliphatic imine (C=N–C) groups is 1. The number of nitrogens with one attached hydrogen (secondary N) is 2. The van der Waals surface area contributed by atoms with Crippen molar-refractivity contribution in [2.24, 2.45) is 4.99 Å². The number of hydrogen-bond acceptors (Lipinski definition) is 5. The lowest BCUT2D eigenvalue weighted by Gasteiger charge is -2.25. The molecule has 0 bridgehead atoms. The standard InChI is InChI=1S/C22H23ClF3N3O2S/c1-21(2,19(30)29-20-28-13-18(23)32-20)31-17-5-3-4-16(12-17)27-11-10-14-6-8-15(9-7-14)22(24,25)26/h3-9,12,18,27H,10-11,13H2,1-2H3,(H,28,29,30). The number of carbonyl (C=O) groups excluding carboxylic acids is 1. The van der Waals surface area contributed by atoms with E-state index in [-0.39, 0.29) is 10.6 Å². The third-order valence-electron chi connectivity index (χ3n) is 4.62. The quantitative estimate of drug-likeness (QED) is 0.522. The van der Waals surface area contributed by atoms with Crippen LogP contribution in [0.2, 0.25) is 0 Å². The molecule has 1 unspecified atom stereocenters. The number of hydrogen-bond donors (Lipinski definition) is 2. The van der Waals surface area contributed by atoms with Gasteiger partial charge in [0, 0.05) is 18.3 Å². The van der Waals surface area contributed by atoms with Gasteiger partial charge in [-0.15, -0.1) is 11.6 Å². The van der Waals surface area contributed by atoms with Crippen molar-refractivity contribution in [1.29, 1.82) is 0 Å². The number of amides is 1. The van der Waals surface area contributed by atoms with E-state index in [0.717, 1.165) is 23.4 Å². The molecule has 0 spiro atoms. The zero-order valence-corrected chi connectivity index (χ0v) is 19.1. The lowest BCUT2D eigenvalue weighted by Crippen LogP contribution is -2.47. The van der Waals surface area contributed by atoms with Gasteiger partial charge in [-0.3, -0.25) is 9.79 Å². The Bertz CT molecular complexity index is 981. The third-order valence-corrected chi connectivity index (χ3v) is 5.88. The first-order valence-corrected chi connectivity index (χ1v) is 11.2. The molecular weight excluding hydrogens is 463 g/mol. The third kappa shape index (κ3) is 6.80. The Morgan fingerprint density at radius 2 is 1.94 bits per heavy atom. The average molecular weight is 486 g/mol. The summed E-state index contributed by atoms with van der Waals surface area (Å²) in [6, 6.07) is 12.3. The van der Waals surface area contributed by atoms with E-state index in [1.165, 1.54) is 23.9 Å². The maximum absolute atomic E-state index is 12.7. The van der Waals surface area contributed by atoms with Crippen molar-refractivity contribution < 1.29 is 22.7 Å². The monoisotopic (exact) mass is 485 g/mol. The van der Waals surface area contributed by atoms with Crippen molar-refractivity contribution >= 4 is 40.1 Å². The second kappa shape index (κ2) is 10.0. The Balaban J connectivity index is 1.52. The van der Waals surface area contributed by atoms with E-state index in [9.17, 15) is 18.0 Å². The summed E-state index contributed by atoms with van der Waals surface area (Å²) in [6.45, 7) is 4.29. The molecule has 172 valence electrons. The van der Waals surface area contributed by atoms with Gasteiger partial charge in [0.2, 0.25) is 0 Å². The van der Waals surface area contributed by atoms with Crippen molar-refractivity contribution in [2.45, 2.75) is 36.8 Å². The van der Waals surface area contributed by atoms with Gasteiger partial charge < -0.3 is 15.4 Å². The number of nitrogens with zero attached hydrogens (tertiary/aromatic N) is 1. The summed E-state index contributed by atoms with van der Waals surface area (Å²) in [7, 11) is 0. The van der Waals surface area contributed by atoms with Crippen LogP contribution in [0.15, 0.2) is 53.5 Å². The van der Waals surface area contributed by atoms with Gasteiger partial charge in [-0.2, -0.15) is 13.2 Å². The highest BCUT2D eigenvalue weighted by atomic mass is 35.5. The number of rotatable bonds is 7. The van der Waals surface area contributed by atoms with Gasteiger partial charge in [0.15, 0.2) is 10.8 Å². The van der Waals surface area contributed by atoms with Gasteiger partial charge in [0.1, 0.15) is 10.5 Å². The predicted octanol–water partition coefficient (Wildman–Crippen LogP) is 5.30. The van der Waals surface area contributed by atoms with E-state index in [1.807, 2.05) is 6.07 Å². The molecule has 5 nitrogen and oxygen atoms in total. The van der Waals surface area contributed by atoms with Crippen molar-refractivity contribution in [3.63, 3.8) is 0 Å². The minimum absolute atomic E-state index is 0.181. The van der Waals surface area contributed by atoms with Crippen LogP contribution in [0.4, 0.5) is 18.9 Å². The Morgan fingerprint density at radius 1 is 1.22 bits per heavy atom. The number of halogens is 4. The maximum Gasteiger partial charge on any atom is 0.416 e. The Labute approximate surface area is 193 Å². The molecule has 0 aliphatic carbocycles.